The molecule has 0 amide bonds. The van der Waals surface area contributed by atoms with E-state index in [-0.39, 0.29) is 11.9 Å². The van der Waals surface area contributed by atoms with Crippen LogP contribution in [-0.2, 0) is 13.0 Å². The number of thiophene rings is 1. The molecule has 0 saturated heterocycles. The summed E-state index contributed by atoms with van der Waals surface area (Å²) in [5.74, 6) is -0.168. The summed E-state index contributed by atoms with van der Waals surface area (Å²) in [6.45, 7) is 0.501. The molecule has 0 aliphatic heterocycles. The number of thiazole rings is 1. The van der Waals surface area contributed by atoms with Gasteiger partial charge in [-0.05, 0) is 34.9 Å². The van der Waals surface area contributed by atoms with E-state index in [1.165, 1.54) is 11.6 Å². The van der Waals surface area contributed by atoms with Crippen molar-refractivity contribution in [2.45, 2.75) is 19.0 Å². The Labute approximate surface area is 131 Å². The van der Waals surface area contributed by atoms with Crippen molar-refractivity contribution in [3.05, 3.63) is 74.6 Å². The number of hydrogen-bond donors (Lipinski definition) is 1. The first-order chi connectivity index (χ1) is 10.3. The van der Waals surface area contributed by atoms with Crippen LogP contribution >= 0.6 is 22.7 Å². The molecule has 0 saturated carbocycles. The first-order valence-corrected chi connectivity index (χ1v) is 8.52. The third kappa shape index (κ3) is 3.75. The molecule has 0 fully saturated rings. The zero-order valence-corrected chi connectivity index (χ0v) is 13.0. The van der Waals surface area contributed by atoms with E-state index in [4.69, 9.17) is 0 Å². The van der Waals surface area contributed by atoms with Gasteiger partial charge in [0.1, 0.15) is 10.8 Å². The molecule has 0 aliphatic carbocycles. The van der Waals surface area contributed by atoms with E-state index in [1.54, 1.807) is 28.7 Å². The average Bonchev–Trinajstić information content (AvgIpc) is 3.18. The van der Waals surface area contributed by atoms with Gasteiger partial charge in [-0.2, -0.15) is 11.3 Å². The maximum absolute atomic E-state index is 13.7. The molecule has 0 aliphatic rings. The summed E-state index contributed by atoms with van der Waals surface area (Å²) in [5.41, 5.74) is 1.96. The monoisotopic (exact) mass is 318 g/mol. The van der Waals surface area contributed by atoms with Crippen molar-refractivity contribution in [3.63, 3.8) is 0 Å². The molecule has 108 valence electrons. The number of aromatic nitrogens is 1. The highest BCUT2D eigenvalue weighted by Crippen LogP contribution is 2.22. The summed E-state index contributed by atoms with van der Waals surface area (Å²) in [4.78, 5) is 4.40. The standard InChI is InChI=1S/C16H15FN2S2/c17-14-4-2-1-3-13(14)10-19-15(16-18-6-8-21-16)9-12-5-7-20-11-12/h1-8,11,15,19H,9-10H2/t15-/m0/s1. The second-order valence-corrected chi connectivity index (χ2v) is 6.44. The molecule has 0 spiro atoms. The fourth-order valence-corrected chi connectivity index (χ4v) is 3.57. The van der Waals surface area contributed by atoms with Crippen molar-refractivity contribution in [2.75, 3.05) is 0 Å². The molecule has 21 heavy (non-hydrogen) atoms. The van der Waals surface area contributed by atoms with Gasteiger partial charge in [-0.1, -0.05) is 18.2 Å². The van der Waals surface area contributed by atoms with Crippen molar-refractivity contribution in [1.29, 1.82) is 0 Å². The highest BCUT2D eigenvalue weighted by Gasteiger charge is 2.15. The van der Waals surface area contributed by atoms with Gasteiger partial charge >= 0.3 is 0 Å². The molecule has 2 nitrogen and oxygen atoms in total. The van der Waals surface area contributed by atoms with Gasteiger partial charge in [0.25, 0.3) is 0 Å². The molecule has 0 radical (unpaired) electrons. The summed E-state index contributed by atoms with van der Waals surface area (Å²) in [6, 6.07) is 9.11. The van der Waals surface area contributed by atoms with Crippen LogP contribution in [0.1, 0.15) is 22.2 Å². The predicted molar refractivity (Wildman–Crippen MR) is 86.1 cm³/mol. The van der Waals surface area contributed by atoms with Gasteiger partial charge in [0.15, 0.2) is 0 Å². The zero-order chi connectivity index (χ0) is 14.5. The van der Waals surface area contributed by atoms with Crippen LogP contribution in [0.3, 0.4) is 0 Å². The lowest BCUT2D eigenvalue weighted by molar-refractivity contribution is 0.512. The van der Waals surface area contributed by atoms with E-state index < -0.39 is 0 Å². The van der Waals surface area contributed by atoms with Gasteiger partial charge in [0.05, 0.1) is 6.04 Å². The molecular weight excluding hydrogens is 303 g/mol. The molecule has 5 heteroatoms. The smallest absolute Gasteiger partial charge is 0.127 e. The minimum atomic E-state index is -0.168. The Balaban J connectivity index is 1.72. The number of benzene rings is 1. The van der Waals surface area contributed by atoms with Crippen LogP contribution < -0.4 is 5.32 Å². The van der Waals surface area contributed by atoms with Gasteiger partial charge in [-0.3, -0.25) is 0 Å². The van der Waals surface area contributed by atoms with E-state index >= 15 is 0 Å². The lowest BCUT2D eigenvalue weighted by Crippen LogP contribution is -2.23. The second kappa shape index (κ2) is 6.93. The fourth-order valence-electron chi connectivity index (χ4n) is 2.17. The molecule has 2 aromatic heterocycles. The summed E-state index contributed by atoms with van der Waals surface area (Å²) in [5, 5.41) is 10.7. The number of halogens is 1. The van der Waals surface area contributed by atoms with E-state index in [2.05, 4.69) is 27.1 Å². The predicted octanol–water partition coefficient (Wildman–Crippen LogP) is 4.42. The van der Waals surface area contributed by atoms with Crippen molar-refractivity contribution in [3.8, 4) is 0 Å². The maximum Gasteiger partial charge on any atom is 0.127 e. The van der Waals surface area contributed by atoms with Crippen LogP contribution in [-0.4, -0.2) is 4.98 Å². The third-order valence-electron chi connectivity index (χ3n) is 3.27. The van der Waals surface area contributed by atoms with E-state index in [9.17, 15) is 4.39 Å². The number of rotatable bonds is 6. The molecule has 3 rings (SSSR count). The minimum Gasteiger partial charge on any atom is -0.303 e. The first kappa shape index (κ1) is 14.4. The zero-order valence-electron chi connectivity index (χ0n) is 11.3. The Morgan fingerprint density at radius 1 is 1.19 bits per heavy atom. The molecule has 3 aromatic rings. The normalized spacial score (nSPS) is 12.4. The highest BCUT2D eigenvalue weighted by molar-refractivity contribution is 7.09. The van der Waals surface area contributed by atoms with Gasteiger partial charge in [0, 0.05) is 23.7 Å². The topological polar surface area (TPSA) is 24.9 Å². The van der Waals surface area contributed by atoms with Crippen LogP contribution in [0.5, 0.6) is 0 Å². The third-order valence-corrected chi connectivity index (χ3v) is 4.89. The SMILES string of the molecule is Fc1ccccc1CN[C@@H](Cc1ccsc1)c1nccs1. The Bertz CT molecular complexity index is 665. The van der Waals surface area contributed by atoms with Crippen LogP contribution in [0.2, 0.25) is 0 Å². The summed E-state index contributed by atoms with van der Waals surface area (Å²) >= 11 is 3.32. The Morgan fingerprint density at radius 2 is 2.10 bits per heavy atom. The summed E-state index contributed by atoms with van der Waals surface area (Å²) in [7, 11) is 0. The second-order valence-electron chi connectivity index (χ2n) is 4.73. The van der Waals surface area contributed by atoms with Crippen molar-refractivity contribution < 1.29 is 4.39 Å². The molecule has 2 heterocycles. The van der Waals surface area contributed by atoms with E-state index in [0.29, 0.717) is 12.1 Å². The van der Waals surface area contributed by atoms with Crippen LogP contribution in [0.4, 0.5) is 4.39 Å². The number of hydrogen-bond acceptors (Lipinski definition) is 4. The van der Waals surface area contributed by atoms with Gasteiger partial charge < -0.3 is 5.32 Å². The Morgan fingerprint density at radius 3 is 2.81 bits per heavy atom. The lowest BCUT2D eigenvalue weighted by Gasteiger charge is -2.16. The van der Waals surface area contributed by atoms with Crippen LogP contribution in [0, 0.1) is 5.82 Å². The molecule has 0 unspecified atom stereocenters. The molecule has 1 aromatic carbocycles. The quantitative estimate of drug-likeness (QED) is 0.728. The van der Waals surface area contributed by atoms with Gasteiger partial charge in [0.2, 0.25) is 0 Å². The summed E-state index contributed by atoms with van der Waals surface area (Å²) in [6.07, 6.45) is 2.68. The van der Waals surface area contributed by atoms with Gasteiger partial charge in [-0.15, -0.1) is 11.3 Å². The first-order valence-electron chi connectivity index (χ1n) is 6.70. The largest absolute Gasteiger partial charge is 0.303 e. The average molecular weight is 318 g/mol. The molecule has 1 N–H and O–H groups in total. The molecule has 1 atom stereocenters. The number of nitrogens with zero attached hydrogens (tertiary/aromatic N) is 1. The van der Waals surface area contributed by atoms with Crippen molar-refractivity contribution in [1.82, 2.24) is 10.3 Å². The van der Waals surface area contributed by atoms with Crippen LogP contribution in [0.25, 0.3) is 0 Å². The minimum absolute atomic E-state index is 0.110. The molecule has 0 bridgehead atoms. The number of nitrogens with one attached hydrogen (secondary N) is 1. The Hall–Kier alpha value is -1.56. The van der Waals surface area contributed by atoms with E-state index in [0.717, 1.165) is 11.4 Å². The fraction of sp³-hybridized carbons (Fsp3) is 0.188. The van der Waals surface area contributed by atoms with Crippen molar-refractivity contribution in [2.24, 2.45) is 0 Å². The van der Waals surface area contributed by atoms with Gasteiger partial charge in [-0.25, -0.2) is 9.37 Å². The lowest BCUT2D eigenvalue weighted by atomic mass is 10.1. The highest BCUT2D eigenvalue weighted by atomic mass is 32.1. The maximum atomic E-state index is 13.7. The van der Waals surface area contributed by atoms with Crippen LogP contribution in [0.15, 0.2) is 52.7 Å². The van der Waals surface area contributed by atoms with E-state index in [1.807, 2.05) is 23.7 Å². The Kier molecular flexibility index (Phi) is 4.75. The molecular formula is C16H15FN2S2. The van der Waals surface area contributed by atoms with Crippen molar-refractivity contribution >= 4 is 22.7 Å². The summed E-state index contributed by atoms with van der Waals surface area (Å²) < 4.78 is 13.7.